The molecule has 1 aliphatic rings. The topological polar surface area (TPSA) is 45.2 Å². The van der Waals surface area contributed by atoms with Crippen molar-refractivity contribution >= 4 is 27.7 Å². The Morgan fingerprint density at radius 3 is 3.07 bits per heavy atom. The average molecular weight is 256 g/mol. The summed E-state index contributed by atoms with van der Waals surface area (Å²) < 4.78 is 0.751. The van der Waals surface area contributed by atoms with Gasteiger partial charge in [-0.1, -0.05) is 6.07 Å². The highest BCUT2D eigenvalue weighted by Crippen LogP contribution is 2.15. The number of nitrogens with zero attached hydrogens (tertiary/aromatic N) is 2. The Labute approximate surface area is 90.4 Å². The van der Waals surface area contributed by atoms with Crippen molar-refractivity contribution < 1.29 is 4.79 Å². The van der Waals surface area contributed by atoms with Crippen LogP contribution in [0.15, 0.2) is 22.8 Å². The average Bonchev–Trinajstić information content (AvgIpc) is 2.18. The molecule has 0 bridgehead atoms. The second-order valence-corrected chi connectivity index (χ2v) is 3.85. The van der Waals surface area contributed by atoms with Gasteiger partial charge in [-0.25, -0.2) is 4.98 Å². The first-order valence-electron chi connectivity index (χ1n) is 4.41. The van der Waals surface area contributed by atoms with Gasteiger partial charge < -0.3 is 5.32 Å². The van der Waals surface area contributed by atoms with Gasteiger partial charge in [0.05, 0.1) is 6.54 Å². The van der Waals surface area contributed by atoms with Crippen LogP contribution in [0.25, 0.3) is 0 Å². The lowest BCUT2D eigenvalue weighted by Gasteiger charge is -2.26. The maximum absolute atomic E-state index is 11.5. The molecule has 0 saturated carbocycles. The largest absolute Gasteiger partial charge is 0.307 e. The normalized spacial score (nSPS) is 17.2. The maximum atomic E-state index is 11.5. The Balaban J connectivity index is 2.24. The lowest BCUT2D eigenvalue weighted by molar-refractivity contribution is -0.118. The van der Waals surface area contributed by atoms with Crippen LogP contribution in [0, 0.1) is 0 Å². The quantitative estimate of drug-likeness (QED) is 0.755. The summed E-state index contributed by atoms with van der Waals surface area (Å²) in [5, 5.41) is 3.02. The van der Waals surface area contributed by atoms with E-state index in [4.69, 9.17) is 0 Å². The van der Waals surface area contributed by atoms with Crippen LogP contribution in [0.1, 0.15) is 0 Å². The van der Waals surface area contributed by atoms with Gasteiger partial charge in [-0.15, -0.1) is 0 Å². The molecule has 0 atom stereocenters. The van der Waals surface area contributed by atoms with Crippen molar-refractivity contribution in [2.45, 2.75) is 0 Å². The van der Waals surface area contributed by atoms with Crippen molar-refractivity contribution in [2.24, 2.45) is 0 Å². The van der Waals surface area contributed by atoms with Crippen LogP contribution in [0.3, 0.4) is 0 Å². The van der Waals surface area contributed by atoms with Gasteiger partial charge in [0.15, 0.2) is 0 Å². The predicted molar refractivity (Wildman–Crippen MR) is 57.2 cm³/mol. The van der Waals surface area contributed by atoms with Crippen molar-refractivity contribution in [2.75, 3.05) is 24.5 Å². The van der Waals surface area contributed by atoms with E-state index in [-0.39, 0.29) is 5.91 Å². The third-order valence-corrected chi connectivity index (χ3v) is 2.51. The van der Waals surface area contributed by atoms with E-state index < -0.39 is 0 Å². The Morgan fingerprint density at radius 1 is 1.50 bits per heavy atom. The van der Waals surface area contributed by atoms with Gasteiger partial charge in [0.1, 0.15) is 10.4 Å². The third-order valence-electron chi connectivity index (χ3n) is 2.07. The molecule has 0 aromatic carbocycles. The number of hydrogen-bond acceptors (Lipinski definition) is 3. The number of carbonyl (C=O) groups is 1. The molecular weight excluding hydrogens is 246 g/mol. The van der Waals surface area contributed by atoms with E-state index >= 15 is 0 Å². The fourth-order valence-corrected chi connectivity index (χ4v) is 1.73. The standard InChI is InChI=1S/C9H10BrN3O/c10-7-2-1-3-8(12-7)13-5-4-11-6-9(13)14/h1-3,11H,4-6H2. The molecule has 0 radical (unpaired) electrons. The Kier molecular flexibility index (Phi) is 2.79. The third kappa shape index (κ3) is 1.93. The fourth-order valence-electron chi connectivity index (χ4n) is 1.40. The first-order chi connectivity index (χ1) is 6.77. The molecule has 1 saturated heterocycles. The SMILES string of the molecule is O=C1CNCCN1c1cccc(Br)n1. The highest BCUT2D eigenvalue weighted by atomic mass is 79.9. The summed E-state index contributed by atoms with van der Waals surface area (Å²) in [7, 11) is 0. The number of hydrogen-bond donors (Lipinski definition) is 1. The number of carbonyl (C=O) groups excluding carboxylic acids is 1. The molecule has 1 aliphatic heterocycles. The molecule has 2 rings (SSSR count). The summed E-state index contributed by atoms with van der Waals surface area (Å²) in [5.41, 5.74) is 0. The van der Waals surface area contributed by atoms with Crippen LogP contribution < -0.4 is 10.2 Å². The Hall–Kier alpha value is -0.940. The lowest BCUT2D eigenvalue weighted by Crippen LogP contribution is -2.48. The molecule has 14 heavy (non-hydrogen) atoms. The molecule has 0 spiro atoms. The smallest absolute Gasteiger partial charge is 0.242 e. The van der Waals surface area contributed by atoms with E-state index in [1.165, 1.54) is 0 Å². The maximum Gasteiger partial charge on any atom is 0.242 e. The molecular formula is C9H10BrN3O. The Morgan fingerprint density at radius 2 is 2.36 bits per heavy atom. The summed E-state index contributed by atoms with van der Waals surface area (Å²) in [5.74, 6) is 0.785. The molecule has 5 heteroatoms. The van der Waals surface area contributed by atoms with E-state index in [0.29, 0.717) is 18.9 Å². The molecule has 2 heterocycles. The molecule has 0 aliphatic carbocycles. The van der Waals surface area contributed by atoms with E-state index in [9.17, 15) is 4.79 Å². The molecule has 1 aromatic heterocycles. The molecule has 4 nitrogen and oxygen atoms in total. The molecule has 1 amide bonds. The zero-order chi connectivity index (χ0) is 9.97. The summed E-state index contributed by atoms with van der Waals surface area (Å²) in [6.07, 6.45) is 0. The zero-order valence-electron chi connectivity index (χ0n) is 7.53. The van der Waals surface area contributed by atoms with Gasteiger partial charge in [0, 0.05) is 13.1 Å². The lowest BCUT2D eigenvalue weighted by atomic mass is 10.3. The van der Waals surface area contributed by atoms with Crippen molar-refractivity contribution in [3.05, 3.63) is 22.8 Å². The first-order valence-corrected chi connectivity index (χ1v) is 5.20. The number of aromatic nitrogens is 1. The van der Waals surface area contributed by atoms with Gasteiger partial charge in [-0.3, -0.25) is 9.69 Å². The number of rotatable bonds is 1. The molecule has 1 fully saturated rings. The van der Waals surface area contributed by atoms with Crippen LogP contribution in [-0.4, -0.2) is 30.5 Å². The van der Waals surface area contributed by atoms with Gasteiger partial charge >= 0.3 is 0 Å². The van der Waals surface area contributed by atoms with Crippen LogP contribution >= 0.6 is 15.9 Å². The predicted octanol–water partition coefficient (Wildman–Crippen LogP) is 0.780. The number of amides is 1. The minimum Gasteiger partial charge on any atom is -0.307 e. The zero-order valence-corrected chi connectivity index (χ0v) is 9.12. The summed E-state index contributed by atoms with van der Waals surface area (Å²) >= 11 is 3.28. The van der Waals surface area contributed by atoms with Crippen LogP contribution in [0.5, 0.6) is 0 Å². The second-order valence-electron chi connectivity index (χ2n) is 3.04. The fraction of sp³-hybridized carbons (Fsp3) is 0.333. The number of anilines is 1. The van der Waals surface area contributed by atoms with E-state index in [1.807, 2.05) is 18.2 Å². The van der Waals surface area contributed by atoms with Gasteiger partial charge in [-0.2, -0.15) is 0 Å². The second kappa shape index (κ2) is 4.06. The summed E-state index contributed by atoms with van der Waals surface area (Å²) in [4.78, 5) is 17.5. The van der Waals surface area contributed by atoms with E-state index in [0.717, 1.165) is 11.1 Å². The van der Waals surface area contributed by atoms with Gasteiger partial charge in [0.25, 0.3) is 0 Å². The summed E-state index contributed by atoms with van der Waals surface area (Å²) in [6.45, 7) is 1.90. The minimum atomic E-state index is 0.0712. The number of halogens is 1. The number of pyridine rings is 1. The van der Waals surface area contributed by atoms with Crippen LogP contribution in [0.2, 0.25) is 0 Å². The van der Waals surface area contributed by atoms with Gasteiger partial charge in [-0.05, 0) is 28.1 Å². The number of piperazine rings is 1. The van der Waals surface area contributed by atoms with Crippen molar-refractivity contribution in [1.29, 1.82) is 0 Å². The Bertz CT molecular complexity index is 356. The minimum absolute atomic E-state index is 0.0712. The molecule has 74 valence electrons. The van der Waals surface area contributed by atoms with E-state index in [2.05, 4.69) is 26.2 Å². The highest BCUT2D eigenvalue weighted by Gasteiger charge is 2.19. The first kappa shape index (κ1) is 9.61. The van der Waals surface area contributed by atoms with E-state index in [1.54, 1.807) is 4.90 Å². The highest BCUT2D eigenvalue weighted by molar-refractivity contribution is 9.10. The van der Waals surface area contributed by atoms with Crippen molar-refractivity contribution in [1.82, 2.24) is 10.3 Å². The van der Waals surface area contributed by atoms with Crippen LogP contribution in [-0.2, 0) is 4.79 Å². The molecule has 1 N–H and O–H groups in total. The summed E-state index contributed by atoms with van der Waals surface area (Å²) in [6, 6.07) is 5.56. The number of nitrogens with one attached hydrogen (secondary N) is 1. The molecule has 0 unspecified atom stereocenters. The molecule has 1 aromatic rings. The monoisotopic (exact) mass is 255 g/mol. The van der Waals surface area contributed by atoms with Crippen LogP contribution in [0.4, 0.5) is 5.82 Å². The van der Waals surface area contributed by atoms with Gasteiger partial charge in [0.2, 0.25) is 5.91 Å². The van der Waals surface area contributed by atoms with Crippen molar-refractivity contribution in [3.8, 4) is 0 Å². The van der Waals surface area contributed by atoms with Crippen molar-refractivity contribution in [3.63, 3.8) is 0 Å².